The highest BCUT2D eigenvalue weighted by Crippen LogP contribution is 2.23. The van der Waals surface area contributed by atoms with Gasteiger partial charge in [0.25, 0.3) is 0 Å². The van der Waals surface area contributed by atoms with Gasteiger partial charge in [-0.3, -0.25) is 0 Å². The number of rotatable bonds is 14. The van der Waals surface area contributed by atoms with E-state index >= 15 is 0 Å². The van der Waals surface area contributed by atoms with Crippen LogP contribution < -0.4 is 0 Å². The fraction of sp³-hybridized carbons (Fsp3) is 1.00. The Balaban J connectivity index is 3.60. The van der Waals surface area contributed by atoms with Gasteiger partial charge in [0.15, 0.2) is 0 Å². The van der Waals surface area contributed by atoms with Crippen LogP contribution in [0.15, 0.2) is 0 Å². The molecule has 0 heterocycles. The number of thiol groups is 1. The second-order valence-electron chi connectivity index (χ2n) is 5.78. The molecule has 0 aliphatic heterocycles. The van der Waals surface area contributed by atoms with E-state index in [1.54, 1.807) is 0 Å². The molecular formula is C17H36S. The number of hydrogen-bond donors (Lipinski definition) is 1. The summed E-state index contributed by atoms with van der Waals surface area (Å²) in [7, 11) is 0. The molecule has 0 rings (SSSR count). The molecule has 0 saturated heterocycles. The van der Waals surface area contributed by atoms with E-state index in [0.717, 1.165) is 11.7 Å². The van der Waals surface area contributed by atoms with E-state index in [0.29, 0.717) is 0 Å². The molecule has 0 amide bonds. The quantitative estimate of drug-likeness (QED) is 0.266. The van der Waals surface area contributed by atoms with Crippen molar-refractivity contribution in [2.24, 2.45) is 5.92 Å². The SMILES string of the molecule is CCCCCCCC(CCCCC)CCCCS. The maximum absolute atomic E-state index is 4.32. The molecule has 0 fully saturated rings. The van der Waals surface area contributed by atoms with E-state index in [-0.39, 0.29) is 0 Å². The van der Waals surface area contributed by atoms with E-state index in [9.17, 15) is 0 Å². The molecule has 0 aromatic heterocycles. The minimum Gasteiger partial charge on any atom is -0.179 e. The van der Waals surface area contributed by atoms with Gasteiger partial charge in [-0.1, -0.05) is 90.9 Å². The van der Waals surface area contributed by atoms with Crippen LogP contribution in [0, 0.1) is 5.92 Å². The molecule has 18 heavy (non-hydrogen) atoms. The lowest BCUT2D eigenvalue weighted by Crippen LogP contribution is -2.01. The van der Waals surface area contributed by atoms with E-state index in [1.807, 2.05) is 0 Å². The maximum atomic E-state index is 4.32. The van der Waals surface area contributed by atoms with Crippen LogP contribution in [0.5, 0.6) is 0 Å². The summed E-state index contributed by atoms with van der Waals surface area (Å²) in [5.41, 5.74) is 0. The van der Waals surface area contributed by atoms with Crippen LogP contribution in [-0.2, 0) is 0 Å². The van der Waals surface area contributed by atoms with Crippen LogP contribution in [0.2, 0.25) is 0 Å². The number of hydrogen-bond acceptors (Lipinski definition) is 1. The van der Waals surface area contributed by atoms with Gasteiger partial charge in [0.1, 0.15) is 0 Å². The van der Waals surface area contributed by atoms with Gasteiger partial charge >= 0.3 is 0 Å². The fourth-order valence-electron chi connectivity index (χ4n) is 2.70. The second kappa shape index (κ2) is 15.4. The topological polar surface area (TPSA) is 0 Å². The highest BCUT2D eigenvalue weighted by molar-refractivity contribution is 7.80. The molecular weight excluding hydrogens is 236 g/mol. The summed E-state index contributed by atoms with van der Waals surface area (Å²) in [6.07, 6.45) is 18.6. The molecule has 0 aromatic carbocycles. The van der Waals surface area contributed by atoms with E-state index in [4.69, 9.17) is 0 Å². The first-order chi connectivity index (χ1) is 8.85. The highest BCUT2D eigenvalue weighted by atomic mass is 32.1. The third-order valence-electron chi connectivity index (χ3n) is 3.95. The summed E-state index contributed by atoms with van der Waals surface area (Å²) in [4.78, 5) is 0. The Morgan fingerprint density at radius 2 is 1.06 bits per heavy atom. The summed E-state index contributed by atoms with van der Waals surface area (Å²) in [6.45, 7) is 4.60. The molecule has 0 bridgehead atoms. The van der Waals surface area contributed by atoms with Crippen molar-refractivity contribution in [3.63, 3.8) is 0 Å². The molecule has 1 unspecified atom stereocenters. The van der Waals surface area contributed by atoms with Gasteiger partial charge in [0.05, 0.1) is 0 Å². The van der Waals surface area contributed by atoms with Crippen LogP contribution in [0.4, 0.5) is 0 Å². The van der Waals surface area contributed by atoms with Crippen LogP contribution in [0.3, 0.4) is 0 Å². The first-order valence-corrected chi connectivity index (χ1v) is 9.09. The minimum absolute atomic E-state index is 1.01. The molecule has 1 atom stereocenters. The molecule has 0 radical (unpaired) electrons. The van der Waals surface area contributed by atoms with E-state index in [2.05, 4.69) is 26.5 Å². The number of unbranched alkanes of at least 4 members (excludes halogenated alkanes) is 7. The predicted octanol–water partition coefficient (Wildman–Crippen LogP) is 6.64. The van der Waals surface area contributed by atoms with Gasteiger partial charge in [0, 0.05) is 0 Å². The second-order valence-corrected chi connectivity index (χ2v) is 6.23. The smallest absolute Gasteiger partial charge is 0.00979 e. The molecule has 1 heteroatoms. The molecule has 0 spiro atoms. The summed E-state index contributed by atoms with van der Waals surface area (Å²) in [5, 5.41) is 0. The lowest BCUT2D eigenvalue weighted by atomic mass is 9.90. The standard InChI is InChI=1S/C17H36S/c1-3-5-7-8-10-14-17(13-9-6-4-2)15-11-12-16-18/h17-18H,3-16H2,1-2H3. The Morgan fingerprint density at radius 3 is 1.61 bits per heavy atom. The predicted molar refractivity (Wildman–Crippen MR) is 88.7 cm³/mol. The van der Waals surface area contributed by atoms with Crippen molar-refractivity contribution < 1.29 is 0 Å². The fourth-order valence-corrected chi connectivity index (χ4v) is 2.92. The van der Waals surface area contributed by atoms with Gasteiger partial charge in [-0.05, 0) is 18.1 Å². The van der Waals surface area contributed by atoms with Crippen LogP contribution in [0.25, 0.3) is 0 Å². The zero-order chi connectivity index (χ0) is 13.5. The van der Waals surface area contributed by atoms with Crippen molar-refractivity contribution >= 4 is 12.6 Å². The Kier molecular flexibility index (Phi) is 15.7. The average molecular weight is 273 g/mol. The Morgan fingerprint density at radius 1 is 0.611 bits per heavy atom. The Bertz CT molecular complexity index is 135. The van der Waals surface area contributed by atoms with Crippen molar-refractivity contribution in [1.29, 1.82) is 0 Å². The zero-order valence-electron chi connectivity index (χ0n) is 12.9. The molecule has 0 aliphatic rings. The van der Waals surface area contributed by atoms with Gasteiger partial charge < -0.3 is 0 Å². The largest absolute Gasteiger partial charge is 0.179 e. The zero-order valence-corrected chi connectivity index (χ0v) is 13.8. The lowest BCUT2D eigenvalue weighted by Gasteiger charge is -2.16. The summed E-state index contributed by atoms with van der Waals surface area (Å²) in [6, 6.07) is 0. The molecule has 0 nitrogen and oxygen atoms in total. The first-order valence-electron chi connectivity index (χ1n) is 8.46. The van der Waals surface area contributed by atoms with Gasteiger partial charge in [-0.25, -0.2) is 0 Å². The van der Waals surface area contributed by atoms with Crippen LogP contribution >= 0.6 is 12.6 Å². The highest BCUT2D eigenvalue weighted by Gasteiger charge is 2.07. The van der Waals surface area contributed by atoms with Crippen molar-refractivity contribution in [2.75, 3.05) is 5.75 Å². The lowest BCUT2D eigenvalue weighted by molar-refractivity contribution is 0.374. The third-order valence-corrected chi connectivity index (χ3v) is 4.27. The van der Waals surface area contributed by atoms with Crippen molar-refractivity contribution in [2.45, 2.75) is 97.3 Å². The van der Waals surface area contributed by atoms with E-state index < -0.39 is 0 Å². The molecule has 0 aromatic rings. The minimum atomic E-state index is 1.01. The van der Waals surface area contributed by atoms with Gasteiger partial charge in [-0.15, -0.1) is 0 Å². The van der Waals surface area contributed by atoms with E-state index in [1.165, 1.54) is 83.5 Å². The summed E-state index contributed by atoms with van der Waals surface area (Å²) < 4.78 is 0. The van der Waals surface area contributed by atoms with Crippen molar-refractivity contribution in [3.8, 4) is 0 Å². The van der Waals surface area contributed by atoms with Crippen LogP contribution in [-0.4, -0.2) is 5.75 Å². The molecule has 110 valence electrons. The maximum Gasteiger partial charge on any atom is -0.00979 e. The summed E-state index contributed by atoms with van der Waals surface area (Å²) >= 11 is 4.32. The third kappa shape index (κ3) is 12.8. The molecule has 0 N–H and O–H groups in total. The average Bonchev–Trinajstić information content (AvgIpc) is 2.38. The normalized spacial score (nSPS) is 12.8. The Labute approximate surface area is 122 Å². The van der Waals surface area contributed by atoms with Gasteiger partial charge in [-0.2, -0.15) is 12.6 Å². The first kappa shape index (κ1) is 18.4. The summed E-state index contributed by atoms with van der Waals surface area (Å²) in [5.74, 6) is 2.08. The molecule has 0 saturated carbocycles. The van der Waals surface area contributed by atoms with Gasteiger partial charge in [0.2, 0.25) is 0 Å². The van der Waals surface area contributed by atoms with Crippen molar-refractivity contribution in [1.82, 2.24) is 0 Å². The van der Waals surface area contributed by atoms with Crippen molar-refractivity contribution in [3.05, 3.63) is 0 Å². The molecule has 0 aliphatic carbocycles. The van der Waals surface area contributed by atoms with Crippen LogP contribution in [0.1, 0.15) is 97.3 Å². The Hall–Kier alpha value is 0.350. The monoisotopic (exact) mass is 272 g/mol.